The lowest BCUT2D eigenvalue weighted by atomic mass is 9.91. The van der Waals surface area contributed by atoms with Gasteiger partial charge in [0.25, 0.3) is 0 Å². The number of benzene rings is 1. The van der Waals surface area contributed by atoms with E-state index in [1.165, 1.54) is 12.8 Å². The third-order valence-electron chi connectivity index (χ3n) is 3.67. The molecule has 1 fully saturated rings. The molecule has 0 amide bonds. The van der Waals surface area contributed by atoms with Crippen LogP contribution in [0.1, 0.15) is 33.6 Å². The quantitative estimate of drug-likeness (QED) is 0.577. The van der Waals surface area contributed by atoms with Crippen molar-refractivity contribution in [1.82, 2.24) is 0 Å². The van der Waals surface area contributed by atoms with E-state index in [-0.39, 0.29) is 0 Å². The first-order valence-corrected chi connectivity index (χ1v) is 8.57. The Labute approximate surface area is 134 Å². The van der Waals surface area contributed by atoms with Crippen molar-refractivity contribution in [3.63, 3.8) is 0 Å². The molecule has 0 heterocycles. The molecule has 1 aromatic carbocycles. The van der Waals surface area contributed by atoms with Crippen molar-refractivity contribution in [3.05, 3.63) is 25.6 Å². The molecule has 0 aromatic heterocycles. The molecule has 100 valence electrons. The lowest BCUT2D eigenvalue weighted by Gasteiger charge is -2.21. The maximum atomic E-state index is 3.70. The normalized spacial score (nSPS) is 26.3. The zero-order valence-corrected chi connectivity index (χ0v) is 15.6. The zero-order chi connectivity index (χ0) is 13.5. The van der Waals surface area contributed by atoms with Gasteiger partial charge in [0.1, 0.15) is 0 Å². The largest absolute Gasteiger partial charge is 0.380 e. The van der Waals surface area contributed by atoms with E-state index in [0.717, 1.165) is 19.1 Å². The van der Waals surface area contributed by atoms with E-state index < -0.39 is 0 Å². The smallest absolute Gasteiger partial charge is 0.0632 e. The maximum Gasteiger partial charge on any atom is 0.0632 e. The standard InChI is InChI=1S/C14H18Br3N/c1-8-6-14(2,3)7-12(8)18-13-10(16)4-9(15)5-11(13)17/h4-5,8,12,18H,6-7H2,1-3H3. The van der Waals surface area contributed by atoms with Crippen molar-refractivity contribution in [2.24, 2.45) is 11.3 Å². The second-order valence-electron chi connectivity index (χ2n) is 6.05. The fourth-order valence-electron chi connectivity index (χ4n) is 2.95. The van der Waals surface area contributed by atoms with Crippen molar-refractivity contribution in [3.8, 4) is 0 Å². The molecule has 2 rings (SSSR count). The van der Waals surface area contributed by atoms with Crippen LogP contribution >= 0.6 is 47.8 Å². The van der Waals surface area contributed by atoms with E-state index in [9.17, 15) is 0 Å². The number of anilines is 1. The van der Waals surface area contributed by atoms with Crippen LogP contribution in [0.25, 0.3) is 0 Å². The van der Waals surface area contributed by atoms with Crippen LogP contribution in [0.5, 0.6) is 0 Å². The monoisotopic (exact) mass is 437 g/mol. The summed E-state index contributed by atoms with van der Waals surface area (Å²) in [5.41, 5.74) is 1.61. The molecule has 0 radical (unpaired) electrons. The first kappa shape index (κ1) is 14.9. The van der Waals surface area contributed by atoms with Crippen LogP contribution in [0.15, 0.2) is 25.6 Å². The summed E-state index contributed by atoms with van der Waals surface area (Å²) < 4.78 is 3.27. The molecule has 2 atom stereocenters. The Morgan fingerprint density at radius 3 is 2.11 bits per heavy atom. The zero-order valence-electron chi connectivity index (χ0n) is 10.9. The van der Waals surface area contributed by atoms with Gasteiger partial charge >= 0.3 is 0 Å². The highest BCUT2D eigenvalue weighted by Gasteiger charge is 2.36. The Kier molecular flexibility index (Phi) is 4.50. The lowest BCUT2D eigenvalue weighted by molar-refractivity contribution is 0.366. The van der Waals surface area contributed by atoms with E-state index in [1.807, 2.05) is 0 Å². The number of hydrogen-bond acceptors (Lipinski definition) is 1. The Bertz CT molecular complexity index is 433. The molecule has 1 saturated carbocycles. The number of nitrogens with one attached hydrogen (secondary N) is 1. The minimum absolute atomic E-state index is 0.450. The molecule has 1 aromatic rings. The fraction of sp³-hybridized carbons (Fsp3) is 0.571. The van der Waals surface area contributed by atoms with E-state index in [0.29, 0.717) is 17.4 Å². The summed E-state index contributed by atoms with van der Waals surface area (Å²) in [5.74, 6) is 0.711. The summed E-state index contributed by atoms with van der Waals surface area (Å²) in [6.45, 7) is 7.06. The number of rotatable bonds is 2. The molecule has 0 spiro atoms. The van der Waals surface area contributed by atoms with E-state index in [2.05, 4.69) is 86.0 Å². The van der Waals surface area contributed by atoms with Crippen molar-refractivity contribution < 1.29 is 0 Å². The van der Waals surface area contributed by atoms with Crippen LogP contribution in [-0.4, -0.2) is 6.04 Å². The van der Waals surface area contributed by atoms with Crippen LogP contribution in [0.2, 0.25) is 0 Å². The first-order valence-electron chi connectivity index (χ1n) is 6.19. The molecule has 1 aliphatic rings. The minimum Gasteiger partial charge on any atom is -0.380 e. The first-order chi connectivity index (χ1) is 8.28. The Hall–Kier alpha value is 0.460. The van der Waals surface area contributed by atoms with E-state index in [1.54, 1.807) is 0 Å². The van der Waals surface area contributed by atoms with Gasteiger partial charge in [0.2, 0.25) is 0 Å². The fourth-order valence-corrected chi connectivity index (χ4v) is 5.44. The summed E-state index contributed by atoms with van der Waals surface area (Å²) in [6, 6.07) is 4.71. The maximum absolute atomic E-state index is 3.70. The van der Waals surface area contributed by atoms with E-state index >= 15 is 0 Å². The topological polar surface area (TPSA) is 12.0 Å². The van der Waals surface area contributed by atoms with Crippen molar-refractivity contribution >= 4 is 53.5 Å². The van der Waals surface area contributed by atoms with Crippen LogP contribution in [0.4, 0.5) is 5.69 Å². The summed E-state index contributed by atoms with van der Waals surface area (Å²) in [6.07, 6.45) is 2.51. The lowest BCUT2D eigenvalue weighted by Crippen LogP contribution is -2.23. The molecule has 4 heteroatoms. The van der Waals surface area contributed by atoms with E-state index in [4.69, 9.17) is 0 Å². The van der Waals surface area contributed by atoms with Gasteiger partial charge in [-0.05, 0) is 68.2 Å². The van der Waals surface area contributed by atoms with Gasteiger partial charge in [0.05, 0.1) is 5.69 Å². The summed E-state index contributed by atoms with van der Waals surface area (Å²) >= 11 is 10.8. The highest BCUT2D eigenvalue weighted by atomic mass is 79.9. The highest BCUT2D eigenvalue weighted by Crippen LogP contribution is 2.44. The summed E-state index contributed by atoms with van der Waals surface area (Å²) in [5, 5.41) is 3.70. The van der Waals surface area contributed by atoms with Gasteiger partial charge in [-0.25, -0.2) is 0 Å². The van der Waals surface area contributed by atoms with Gasteiger partial charge < -0.3 is 5.32 Å². The van der Waals surface area contributed by atoms with Crippen LogP contribution < -0.4 is 5.32 Å². The van der Waals surface area contributed by atoms with Crippen LogP contribution in [-0.2, 0) is 0 Å². The summed E-state index contributed by atoms with van der Waals surface area (Å²) in [7, 11) is 0. The molecule has 1 N–H and O–H groups in total. The Morgan fingerprint density at radius 1 is 1.11 bits per heavy atom. The molecule has 0 saturated heterocycles. The van der Waals surface area contributed by atoms with Crippen molar-refractivity contribution in [1.29, 1.82) is 0 Å². The minimum atomic E-state index is 0.450. The third-order valence-corrected chi connectivity index (χ3v) is 5.38. The molecular formula is C14H18Br3N. The Morgan fingerprint density at radius 2 is 1.67 bits per heavy atom. The molecule has 0 aliphatic heterocycles. The molecule has 18 heavy (non-hydrogen) atoms. The second kappa shape index (κ2) is 5.45. The van der Waals surface area contributed by atoms with Gasteiger partial charge in [0, 0.05) is 19.5 Å². The van der Waals surface area contributed by atoms with Crippen LogP contribution in [0.3, 0.4) is 0 Å². The Balaban J connectivity index is 2.20. The molecule has 2 unspecified atom stereocenters. The van der Waals surface area contributed by atoms with Gasteiger partial charge in [0.15, 0.2) is 0 Å². The SMILES string of the molecule is CC1CC(C)(C)CC1Nc1c(Br)cc(Br)cc1Br. The third kappa shape index (κ3) is 3.31. The van der Waals surface area contributed by atoms with Crippen LogP contribution in [0, 0.1) is 11.3 Å². The molecule has 1 nitrogen and oxygen atoms in total. The van der Waals surface area contributed by atoms with Gasteiger partial charge in [-0.2, -0.15) is 0 Å². The number of halogens is 3. The van der Waals surface area contributed by atoms with Gasteiger partial charge in [-0.3, -0.25) is 0 Å². The average Bonchev–Trinajstić information content (AvgIpc) is 2.45. The number of hydrogen-bond donors (Lipinski definition) is 1. The average molecular weight is 440 g/mol. The van der Waals surface area contributed by atoms with Gasteiger partial charge in [-0.15, -0.1) is 0 Å². The van der Waals surface area contributed by atoms with Gasteiger partial charge in [-0.1, -0.05) is 36.7 Å². The molecule has 1 aliphatic carbocycles. The molecule has 0 bridgehead atoms. The predicted molar refractivity (Wildman–Crippen MR) is 89.1 cm³/mol. The van der Waals surface area contributed by atoms with Crippen molar-refractivity contribution in [2.45, 2.75) is 39.7 Å². The second-order valence-corrected chi connectivity index (χ2v) is 8.67. The summed E-state index contributed by atoms with van der Waals surface area (Å²) in [4.78, 5) is 0. The van der Waals surface area contributed by atoms with Crippen molar-refractivity contribution in [2.75, 3.05) is 5.32 Å². The highest BCUT2D eigenvalue weighted by molar-refractivity contribution is 9.11. The predicted octanol–water partition coefficient (Wildman–Crippen LogP) is 6.21. The molecular weight excluding hydrogens is 422 g/mol.